The maximum Gasteiger partial charge on any atom is 0.239 e. The van der Waals surface area contributed by atoms with Gasteiger partial charge in [-0.15, -0.1) is 0 Å². The standard InChI is InChI=1S/C15H24N2O2/c1-5-17(10-15(19)16-11(2)3)14-8-6-13(7-9-14)12(4)18/h6-9,11-12,18H,5,10H2,1-4H3,(H,16,19). The number of aliphatic hydroxyl groups excluding tert-OH is 1. The number of hydrogen-bond donors (Lipinski definition) is 2. The van der Waals surface area contributed by atoms with Gasteiger partial charge in [-0.2, -0.15) is 0 Å². The number of nitrogens with zero attached hydrogens (tertiary/aromatic N) is 1. The lowest BCUT2D eigenvalue weighted by Gasteiger charge is -2.23. The summed E-state index contributed by atoms with van der Waals surface area (Å²) in [6.45, 7) is 8.77. The summed E-state index contributed by atoms with van der Waals surface area (Å²) in [5, 5.41) is 12.4. The molecule has 0 radical (unpaired) electrons. The number of likely N-dealkylation sites (N-methyl/N-ethyl adjacent to an activating group) is 1. The Hall–Kier alpha value is -1.55. The molecule has 0 saturated heterocycles. The van der Waals surface area contributed by atoms with E-state index in [0.29, 0.717) is 6.54 Å². The summed E-state index contributed by atoms with van der Waals surface area (Å²) in [7, 11) is 0. The van der Waals surface area contributed by atoms with Crippen molar-refractivity contribution in [2.24, 2.45) is 0 Å². The SMILES string of the molecule is CCN(CC(=O)NC(C)C)c1ccc(C(C)O)cc1. The summed E-state index contributed by atoms with van der Waals surface area (Å²) < 4.78 is 0. The summed E-state index contributed by atoms with van der Waals surface area (Å²) in [4.78, 5) is 13.8. The van der Waals surface area contributed by atoms with E-state index in [0.717, 1.165) is 17.8 Å². The highest BCUT2D eigenvalue weighted by Gasteiger charge is 2.11. The molecule has 1 unspecified atom stereocenters. The highest BCUT2D eigenvalue weighted by molar-refractivity contribution is 5.81. The van der Waals surface area contributed by atoms with Gasteiger partial charge in [-0.25, -0.2) is 0 Å². The molecule has 1 amide bonds. The fourth-order valence-electron chi connectivity index (χ4n) is 1.89. The van der Waals surface area contributed by atoms with Crippen molar-refractivity contribution >= 4 is 11.6 Å². The average Bonchev–Trinajstić information content (AvgIpc) is 2.35. The third-order valence-corrected chi connectivity index (χ3v) is 2.91. The molecule has 4 heteroatoms. The van der Waals surface area contributed by atoms with Crippen molar-refractivity contribution in [1.29, 1.82) is 0 Å². The Kier molecular flexibility index (Phi) is 5.83. The van der Waals surface area contributed by atoms with Crippen molar-refractivity contribution < 1.29 is 9.90 Å². The highest BCUT2D eigenvalue weighted by Crippen LogP contribution is 2.18. The lowest BCUT2D eigenvalue weighted by molar-refractivity contribution is -0.120. The van der Waals surface area contributed by atoms with Crippen LogP contribution in [-0.2, 0) is 4.79 Å². The van der Waals surface area contributed by atoms with Gasteiger partial charge in [-0.3, -0.25) is 4.79 Å². The van der Waals surface area contributed by atoms with Gasteiger partial charge in [0.15, 0.2) is 0 Å². The molecule has 1 rings (SSSR count). The van der Waals surface area contributed by atoms with Gasteiger partial charge >= 0.3 is 0 Å². The van der Waals surface area contributed by atoms with E-state index in [1.807, 2.05) is 49.9 Å². The first-order chi connectivity index (χ1) is 8.93. The second-order valence-electron chi connectivity index (χ2n) is 5.00. The van der Waals surface area contributed by atoms with Crippen molar-refractivity contribution in [3.05, 3.63) is 29.8 Å². The van der Waals surface area contributed by atoms with E-state index >= 15 is 0 Å². The third kappa shape index (κ3) is 4.91. The fourth-order valence-corrected chi connectivity index (χ4v) is 1.89. The molecule has 0 spiro atoms. The van der Waals surface area contributed by atoms with Crippen LogP contribution in [0.25, 0.3) is 0 Å². The molecule has 1 atom stereocenters. The van der Waals surface area contributed by atoms with Crippen molar-refractivity contribution in [3.63, 3.8) is 0 Å². The summed E-state index contributed by atoms with van der Waals surface area (Å²) >= 11 is 0. The average molecular weight is 264 g/mol. The van der Waals surface area contributed by atoms with Gasteiger partial charge < -0.3 is 15.3 Å². The Labute approximate surface area is 115 Å². The first kappa shape index (κ1) is 15.5. The number of hydrogen-bond acceptors (Lipinski definition) is 3. The molecule has 0 heterocycles. The molecular weight excluding hydrogens is 240 g/mol. The molecule has 0 aliphatic heterocycles. The number of nitrogens with one attached hydrogen (secondary N) is 1. The number of anilines is 1. The molecule has 0 aliphatic rings. The largest absolute Gasteiger partial charge is 0.389 e. The van der Waals surface area contributed by atoms with Crippen LogP contribution in [0.3, 0.4) is 0 Å². The first-order valence-electron chi connectivity index (χ1n) is 6.76. The molecule has 1 aromatic carbocycles. The van der Waals surface area contributed by atoms with Crippen molar-refractivity contribution in [3.8, 4) is 0 Å². The molecule has 0 aromatic heterocycles. The quantitative estimate of drug-likeness (QED) is 0.827. The minimum Gasteiger partial charge on any atom is -0.389 e. The summed E-state index contributed by atoms with van der Waals surface area (Å²) in [6, 6.07) is 7.82. The second-order valence-corrected chi connectivity index (χ2v) is 5.00. The predicted molar refractivity (Wildman–Crippen MR) is 78.2 cm³/mol. The van der Waals surface area contributed by atoms with E-state index in [-0.39, 0.29) is 11.9 Å². The Balaban J connectivity index is 2.71. The molecule has 0 saturated carbocycles. The lowest BCUT2D eigenvalue weighted by Crippen LogP contribution is -2.40. The van der Waals surface area contributed by atoms with Gasteiger partial charge in [0.1, 0.15) is 0 Å². The minimum absolute atomic E-state index is 0.0245. The van der Waals surface area contributed by atoms with Crippen LogP contribution in [0.1, 0.15) is 39.4 Å². The molecule has 0 bridgehead atoms. The van der Waals surface area contributed by atoms with Gasteiger partial charge in [0.25, 0.3) is 0 Å². The zero-order chi connectivity index (χ0) is 14.4. The summed E-state index contributed by atoms with van der Waals surface area (Å²) in [5.41, 5.74) is 1.87. The number of benzene rings is 1. The van der Waals surface area contributed by atoms with Crippen LogP contribution in [0.15, 0.2) is 24.3 Å². The first-order valence-corrected chi connectivity index (χ1v) is 6.76. The van der Waals surface area contributed by atoms with Crippen molar-refractivity contribution in [2.45, 2.75) is 39.8 Å². The van der Waals surface area contributed by atoms with E-state index in [1.54, 1.807) is 6.92 Å². The second kappa shape index (κ2) is 7.14. The number of rotatable bonds is 6. The molecule has 0 aliphatic carbocycles. The summed E-state index contributed by atoms with van der Waals surface area (Å²) in [6.07, 6.45) is -0.464. The van der Waals surface area contributed by atoms with E-state index < -0.39 is 6.10 Å². The zero-order valence-electron chi connectivity index (χ0n) is 12.2. The number of aliphatic hydroxyl groups is 1. The van der Waals surface area contributed by atoms with Gasteiger partial charge in [-0.1, -0.05) is 12.1 Å². The van der Waals surface area contributed by atoms with Crippen LogP contribution < -0.4 is 10.2 Å². The van der Waals surface area contributed by atoms with Gasteiger partial charge in [0.2, 0.25) is 5.91 Å². The third-order valence-electron chi connectivity index (χ3n) is 2.91. The normalized spacial score (nSPS) is 12.3. The Bertz CT molecular complexity index is 399. The van der Waals surface area contributed by atoms with E-state index in [9.17, 15) is 9.90 Å². The maximum absolute atomic E-state index is 11.8. The van der Waals surface area contributed by atoms with Crippen molar-refractivity contribution in [1.82, 2.24) is 5.32 Å². The Morgan fingerprint density at radius 3 is 2.26 bits per heavy atom. The molecule has 0 fully saturated rings. The van der Waals surface area contributed by atoms with Crippen LogP contribution in [0.5, 0.6) is 0 Å². The fraction of sp³-hybridized carbons (Fsp3) is 0.533. The maximum atomic E-state index is 11.8. The van der Waals surface area contributed by atoms with E-state index in [4.69, 9.17) is 0 Å². The predicted octanol–water partition coefficient (Wildman–Crippen LogP) is 2.09. The van der Waals surface area contributed by atoms with Crippen LogP contribution >= 0.6 is 0 Å². The molecule has 1 aromatic rings. The molecule has 106 valence electrons. The van der Waals surface area contributed by atoms with Crippen molar-refractivity contribution in [2.75, 3.05) is 18.0 Å². The van der Waals surface area contributed by atoms with E-state index in [2.05, 4.69) is 5.32 Å². The smallest absolute Gasteiger partial charge is 0.239 e. The highest BCUT2D eigenvalue weighted by atomic mass is 16.3. The lowest BCUT2D eigenvalue weighted by atomic mass is 10.1. The van der Waals surface area contributed by atoms with Crippen LogP contribution in [-0.4, -0.2) is 30.1 Å². The molecule has 19 heavy (non-hydrogen) atoms. The molecule has 2 N–H and O–H groups in total. The zero-order valence-corrected chi connectivity index (χ0v) is 12.2. The monoisotopic (exact) mass is 264 g/mol. The van der Waals surface area contributed by atoms with Gasteiger partial charge in [-0.05, 0) is 45.4 Å². The number of carbonyl (C=O) groups excluding carboxylic acids is 1. The Morgan fingerprint density at radius 2 is 1.84 bits per heavy atom. The van der Waals surface area contributed by atoms with Gasteiger partial charge in [0, 0.05) is 18.3 Å². The number of carbonyl (C=O) groups is 1. The van der Waals surface area contributed by atoms with Gasteiger partial charge in [0.05, 0.1) is 12.6 Å². The molecular formula is C15H24N2O2. The van der Waals surface area contributed by atoms with Crippen LogP contribution in [0.4, 0.5) is 5.69 Å². The van der Waals surface area contributed by atoms with Crippen LogP contribution in [0, 0.1) is 0 Å². The summed E-state index contributed by atoms with van der Waals surface area (Å²) in [5.74, 6) is 0.0245. The topological polar surface area (TPSA) is 52.6 Å². The Morgan fingerprint density at radius 1 is 1.26 bits per heavy atom. The molecule has 4 nitrogen and oxygen atoms in total. The number of amides is 1. The van der Waals surface area contributed by atoms with Crippen LogP contribution in [0.2, 0.25) is 0 Å². The minimum atomic E-state index is -0.464. The van der Waals surface area contributed by atoms with E-state index in [1.165, 1.54) is 0 Å².